The summed E-state index contributed by atoms with van der Waals surface area (Å²) in [5.74, 6) is -0.857. The Balaban J connectivity index is 3.16. The first kappa shape index (κ1) is 23.8. The van der Waals surface area contributed by atoms with Crippen LogP contribution in [0.15, 0.2) is 29.8 Å². The number of hydrogen-bond donors (Lipinski definition) is 1. The monoisotopic (exact) mass is 418 g/mol. The zero-order chi connectivity index (χ0) is 22.0. The van der Waals surface area contributed by atoms with E-state index in [1.54, 1.807) is 13.8 Å². The van der Waals surface area contributed by atoms with Crippen molar-refractivity contribution in [2.45, 2.75) is 20.0 Å². The van der Waals surface area contributed by atoms with Crippen molar-refractivity contribution < 1.29 is 41.8 Å². The van der Waals surface area contributed by atoms with E-state index in [0.717, 1.165) is 31.4 Å². The normalized spacial score (nSPS) is 11.4. The van der Waals surface area contributed by atoms with E-state index in [1.165, 1.54) is 6.08 Å². The number of amides is 2. The summed E-state index contributed by atoms with van der Waals surface area (Å²) in [6, 6.07) is 4.00. The third kappa shape index (κ3) is 7.72. The van der Waals surface area contributed by atoms with Gasteiger partial charge in [-0.1, -0.05) is 12.1 Å². The van der Waals surface area contributed by atoms with Crippen molar-refractivity contribution in [1.29, 1.82) is 0 Å². The second-order valence-electron chi connectivity index (χ2n) is 5.40. The zero-order valence-electron chi connectivity index (χ0n) is 16.0. The van der Waals surface area contributed by atoms with Crippen molar-refractivity contribution in [2.75, 3.05) is 26.9 Å². The summed E-state index contributed by atoms with van der Waals surface area (Å²) in [6.45, 7) is 2.65. The lowest BCUT2D eigenvalue weighted by atomic mass is 10.1. The molecule has 11 heteroatoms. The summed E-state index contributed by atoms with van der Waals surface area (Å²) in [7, 11) is 1.09. The van der Waals surface area contributed by atoms with Crippen molar-refractivity contribution in [2.24, 2.45) is 0 Å². The number of hydrogen-bond acceptors (Lipinski definition) is 6. The predicted octanol–water partition coefficient (Wildman–Crippen LogP) is 3.38. The van der Waals surface area contributed by atoms with Gasteiger partial charge in [0.25, 0.3) is 0 Å². The highest BCUT2D eigenvalue weighted by Gasteiger charge is 2.30. The minimum absolute atomic E-state index is 0.00395. The van der Waals surface area contributed by atoms with E-state index in [-0.39, 0.29) is 24.4 Å². The lowest BCUT2D eigenvalue weighted by molar-refractivity contribution is -0.138. The van der Waals surface area contributed by atoms with Crippen molar-refractivity contribution >= 4 is 24.2 Å². The lowest BCUT2D eigenvalue weighted by Crippen LogP contribution is -2.48. The molecule has 0 aliphatic heterocycles. The number of carbonyl (C=O) groups excluding carboxylic acids is 3. The highest BCUT2D eigenvalue weighted by atomic mass is 19.4. The van der Waals surface area contributed by atoms with Gasteiger partial charge >= 0.3 is 24.3 Å². The van der Waals surface area contributed by atoms with Crippen LogP contribution in [-0.4, -0.2) is 50.0 Å². The maximum atomic E-state index is 12.7. The fraction of sp³-hybridized carbons (Fsp3) is 0.389. The van der Waals surface area contributed by atoms with Gasteiger partial charge in [0, 0.05) is 0 Å². The van der Waals surface area contributed by atoms with Gasteiger partial charge in [0.05, 0.1) is 38.0 Å². The molecule has 1 N–H and O–H groups in total. The Kier molecular flexibility index (Phi) is 8.97. The first-order chi connectivity index (χ1) is 13.6. The number of esters is 1. The van der Waals surface area contributed by atoms with Gasteiger partial charge in [0.2, 0.25) is 0 Å². The molecule has 29 heavy (non-hydrogen) atoms. The molecular weight excluding hydrogens is 397 g/mol. The van der Waals surface area contributed by atoms with Crippen LogP contribution >= 0.6 is 0 Å². The average Bonchev–Trinajstić information content (AvgIpc) is 2.66. The number of halogens is 3. The molecule has 1 aromatic rings. The van der Waals surface area contributed by atoms with Crippen LogP contribution in [0.1, 0.15) is 25.0 Å². The predicted molar refractivity (Wildman–Crippen MR) is 95.3 cm³/mol. The molecule has 0 spiro atoms. The Hall–Kier alpha value is -3.24. The highest BCUT2D eigenvalue weighted by Crippen LogP contribution is 2.29. The standard InChI is InChI=1S/C18H21F3N2O6/c1-4-28-16(25)22-23(17(26)29-5-2)11-13(15(24)27-3)10-12-6-8-14(9-7-12)18(19,20)21/h6-10H,4-5,11H2,1-3H3,(H,22,25)/b13-10+. The second kappa shape index (κ2) is 10.9. The smallest absolute Gasteiger partial charge is 0.429 e. The Morgan fingerprint density at radius 3 is 2.14 bits per heavy atom. The number of rotatable bonds is 6. The molecule has 0 aliphatic rings. The number of nitrogens with zero attached hydrogens (tertiary/aromatic N) is 1. The van der Waals surface area contributed by atoms with Crippen LogP contribution < -0.4 is 5.43 Å². The van der Waals surface area contributed by atoms with Crippen LogP contribution in [0.3, 0.4) is 0 Å². The molecule has 0 unspecified atom stereocenters. The molecule has 0 saturated heterocycles. The number of nitrogens with one attached hydrogen (secondary N) is 1. The molecule has 2 amide bonds. The van der Waals surface area contributed by atoms with Gasteiger partial charge in [-0.3, -0.25) is 0 Å². The van der Waals surface area contributed by atoms with Gasteiger partial charge in [-0.15, -0.1) is 0 Å². The molecule has 0 fully saturated rings. The van der Waals surface area contributed by atoms with Crippen molar-refractivity contribution in [3.8, 4) is 0 Å². The molecule has 0 bridgehead atoms. The van der Waals surface area contributed by atoms with Gasteiger partial charge in [-0.2, -0.15) is 13.2 Å². The van der Waals surface area contributed by atoms with Gasteiger partial charge in [-0.05, 0) is 37.6 Å². The average molecular weight is 418 g/mol. The number of ether oxygens (including phenoxy) is 3. The molecule has 0 aliphatic carbocycles. The van der Waals surface area contributed by atoms with E-state index in [0.29, 0.717) is 5.01 Å². The number of benzene rings is 1. The SMILES string of the molecule is CCOC(=O)NN(C/C(=C\c1ccc(C(F)(F)F)cc1)C(=O)OC)C(=O)OCC. The second-order valence-corrected chi connectivity index (χ2v) is 5.40. The van der Waals surface area contributed by atoms with Crippen LogP contribution in [0.4, 0.5) is 22.8 Å². The first-order valence-corrected chi connectivity index (χ1v) is 8.46. The quantitative estimate of drug-likeness (QED) is 0.329. The van der Waals surface area contributed by atoms with Crippen LogP contribution in [-0.2, 0) is 25.2 Å². The summed E-state index contributed by atoms with van der Waals surface area (Å²) in [5, 5.41) is 0.689. The fourth-order valence-electron chi connectivity index (χ4n) is 2.06. The summed E-state index contributed by atoms with van der Waals surface area (Å²) in [5.41, 5.74) is 1.39. The molecule has 1 aromatic carbocycles. The Morgan fingerprint density at radius 1 is 1.07 bits per heavy atom. The minimum atomic E-state index is -4.50. The zero-order valence-corrected chi connectivity index (χ0v) is 16.0. The molecule has 0 saturated carbocycles. The topological polar surface area (TPSA) is 94.2 Å². The van der Waals surface area contributed by atoms with E-state index in [4.69, 9.17) is 9.47 Å². The lowest BCUT2D eigenvalue weighted by Gasteiger charge is -2.22. The van der Waals surface area contributed by atoms with Crippen molar-refractivity contribution in [1.82, 2.24) is 10.4 Å². The van der Waals surface area contributed by atoms with E-state index < -0.39 is 36.4 Å². The van der Waals surface area contributed by atoms with E-state index in [2.05, 4.69) is 10.2 Å². The van der Waals surface area contributed by atoms with E-state index >= 15 is 0 Å². The number of methoxy groups -OCH3 is 1. The molecule has 0 heterocycles. The minimum Gasteiger partial charge on any atom is -0.466 e. The molecule has 0 atom stereocenters. The Bertz CT molecular complexity index is 747. The first-order valence-electron chi connectivity index (χ1n) is 8.46. The largest absolute Gasteiger partial charge is 0.466 e. The van der Waals surface area contributed by atoms with Crippen LogP contribution in [0, 0.1) is 0 Å². The molecule has 0 radical (unpaired) electrons. The van der Waals surface area contributed by atoms with Gasteiger partial charge < -0.3 is 14.2 Å². The van der Waals surface area contributed by atoms with Gasteiger partial charge in [0.15, 0.2) is 0 Å². The Morgan fingerprint density at radius 2 is 1.66 bits per heavy atom. The molecule has 8 nitrogen and oxygen atoms in total. The summed E-state index contributed by atoms with van der Waals surface area (Å²) >= 11 is 0. The van der Waals surface area contributed by atoms with Crippen LogP contribution in [0.5, 0.6) is 0 Å². The highest BCUT2D eigenvalue weighted by molar-refractivity contribution is 5.94. The van der Waals surface area contributed by atoms with Crippen LogP contribution in [0.2, 0.25) is 0 Å². The number of alkyl halides is 3. The maximum Gasteiger partial charge on any atom is 0.429 e. The molecule has 1 rings (SSSR count). The third-order valence-electron chi connectivity index (χ3n) is 3.34. The van der Waals surface area contributed by atoms with Crippen molar-refractivity contribution in [3.63, 3.8) is 0 Å². The summed E-state index contributed by atoms with van der Waals surface area (Å²) in [4.78, 5) is 35.8. The number of carbonyl (C=O) groups is 3. The van der Waals surface area contributed by atoms with Gasteiger partial charge in [0.1, 0.15) is 0 Å². The third-order valence-corrected chi connectivity index (χ3v) is 3.34. The Labute approximate surface area is 165 Å². The summed E-state index contributed by atoms with van der Waals surface area (Å²) < 4.78 is 52.2. The van der Waals surface area contributed by atoms with E-state index in [9.17, 15) is 27.6 Å². The molecule has 160 valence electrons. The van der Waals surface area contributed by atoms with E-state index in [1.807, 2.05) is 0 Å². The van der Waals surface area contributed by atoms with Gasteiger partial charge in [-0.25, -0.2) is 24.8 Å². The summed E-state index contributed by atoms with van der Waals surface area (Å²) in [6.07, 6.45) is -5.20. The fourth-order valence-corrected chi connectivity index (χ4v) is 2.06. The van der Waals surface area contributed by atoms with Crippen molar-refractivity contribution in [3.05, 3.63) is 41.0 Å². The molecule has 0 aromatic heterocycles. The maximum absolute atomic E-state index is 12.7. The number of hydrazine groups is 1. The van der Waals surface area contributed by atoms with Crippen LogP contribution in [0.25, 0.3) is 6.08 Å². The molecular formula is C18H21F3N2O6.